The molecule has 0 aromatic heterocycles. The van der Waals surface area contributed by atoms with Crippen molar-refractivity contribution in [2.45, 2.75) is 13.0 Å². The predicted molar refractivity (Wildman–Crippen MR) is 54.4 cm³/mol. The summed E-state index contributed by atoms with van der Waals surface area (Å²) in [6, 6.07) is 4.68. The van der Waals surface area contributed by atoms with Crippen LogP contribution in [0.15, 0.2) is 18.2 Å². The van der Waals surface area contributed by atoms with Gasteiger partial charge in [-0.15, -0.1) is 12.4 Å². The fourth-order valence-corrected chi connectivity index (χ4v) is 0.976. The van der Waals surface area contributed by atoms with E-state index in [9.17, 15) is 4.39 Å². The molecule has 0 fully saturated rings. The third kappa shape index (κ3) is 2.95. The molecule has 4 heteroatoms. The molecule has 0 bridgehead atoms. The first kappa shape index (κ1) is 12.4. The second-order valence-electron chi connectivity index (χ2n) is 2.85. The maximum Gasteiger partial charge on any atom is 0.126 e. The molecule has 0 amide bonds. The molecule has 0 saturated heterocycles. The lowest BCUT2D eigenvalue weighted by atomic mass is 10.1. The van der Waals surface area contributed by atoms with E-state index in [1.165, 1.54) is 6.07 Å². The summed E-state index contributed by atoms with van der Waals surface area (Å²) in [5.41, 5.74) is 12.3. The molecule has 4 N–H and O–H groups in total. The van der Waals surface area contributed by atoms with E-state index >= 15 is 0 Å². The van der Waals surface area contributed by atoms with Gasteiger partial charge in [0, 0.05) is 12.6 Å². The third-order valence-corrected chi connectivity index (χ3v) is 1.88. The van der Waals surface area contributed by atoms with E-state index in [4.69, 9.17) is 11.5 Å². The fraction of sp³-hybridized carbons (Fsp3) is 0.333. The van der Waals surface area contributed by atoms with Gasteiger partial charge in [0.1, 0.15) is 5.82 Å². The van der Waals surface area contributed by atoms with Crippen LogP contribution in [0.1, 0.15) is 17.2 Å². The molecular weight excluding hydrogens is 191 g/mol. The third-order valence-electron chi connectivity index (χ3n) is 1.88. The summed E-state index contributed by atoms with van der Waals surface area (Å²) in [7, 11) is 0. The Morgan fingerprint density at radius 2 is 2.08 bits per heavy atom. The van der Waals surface area contributed by atoms with E-state index < -0.39 is 0 Å². The Balaban J connectivity index is 0.00000144. The summed E-state index contributed by atoms with van der Waals surface area (Å²) < 4.78 is 13.0. The highest BCUT2D eigenvalue weighted by molar-refractivity contribution is 5.85. The van der Waals surface area contributed by atoms with Crippen molar-refractivity contribution >= 4 is 12.4 Å². The summed E-state index contributed by atoms with van der Waals surface area (Å²) >= 11 is 0. The van der Waals surface area contributed by atoms with Crippen molar-refractivity contribution in [3.63, 3.8) is 0 Å². The lowest BCUT2D eigenvalue weighted by molar-refractivity contribution is 0.611. The molecule has 74 valence electrons. The van der Waals surface area contributed by atoms with Crippen LogP contribution >= 0.6 is 12.4 Å². The summed E-state index contributed by atoms with van der Waals surface area (Å²) in [5, 5.41) is 0. The van der Waals surface area contributed by atoms with Crippen LogP contribution < -0.4 is 11.5 Å². The normalized spacial score (nSPS) is 12.0. The minimum atomic E-state index is -0.264. The SMILES string of the molecule is Cc1ccc([C@H](N)CN)cc1F.Cl. The van der Waals surface area contributed by atoms with Crippen molar-refractivity contribution in [2.24, 2.45) is 11.5 Å². The maximum absolute atomic E-state index is 13.0. The molecule has 2 nitrogen and oxygen atoms in total. The molecule has 1 aromatic rings. The number of halogens is 2. The number of hydrogen-bond acceptors (Lipinski definition) is 2. The minimum absolute atomic E-state index is 0. The second kappa shape index (κ2) is 5.17. The zero-order valence-corrected chi connectivity index (χ0v) is 8.27. The lowest BCUT2D eigenvalue weighted by Crippen LogP contribution is -2.20. The molecule has 13 heavy (non-hydrogen) atoms. The molecule has 0 saturated carbocycles. The van der Waals surface area contributed by atoms with Crippen molar-refractivity contribution in [3.05, 3.63) is 35.1 Å². The van der Waals surface area contributed by atoms with Gasteiger partial charge in [-0.3, -0.25) is 0 Å². The first-order chi connectivity index (χ1) is 5.65. The van der Waals surface area contributed by atoms with Crippen LogP contribution in [0.25, 0.3) is 0 Å². The van der Waals surface area contributed by atoms with E-state index in [2.05, 4.69) is 0 Å². The van der Waals surface area contributed by atoms with Crippen LogP contribution in [0.3, 0.4) is 0 Å². The highest BCUT2D eigenvalue weighted by Crippen LogP contribution is 2.13. The Morgan fingerprint density at radius 1 is 1.46 bits per heavy atom. The van der Waals surface area contributed by atoms with Crippen LogP contribution in [0.2, 0.25) is 0 Å². The van der Waals surface area contributed by atoms with Gasteiger partial charge in [-0.2, -0.15) is 0 Å². The van der Waals surface area contributed by atoms with E-state index in [-0.39, 0.29) is 24.3 Å². The molecule has 0 radical (unpaired) electrons. The highest BCUT2D eigenvalue weighted by atomic mass is 35.5. The number of aryl methyl sites for hydroxylation is 1. The standard InChI is InChI=1S/C9H13FN2.ClH/c1-6-2-3-7(4-8(6)10)9(12)5-11;/h2-4,9H,5,11-12H2,1H3;1H/t9-;/m1./s1. The summed E-state index contributed by atoms with van der Waals surface area (Å²) in [5.74, 6) is -0.226. The van der Waals surface area contributed by atoms with Crippen molar-refractivity contribution in [3.8, 4) is 0 Å². The number of hydrogen-bond donors (Lipinski definition) is 2. The van der Waals surface area contributed by atoms with Gasteiger partial charge >= 0.3 is 0 Å². The van der Waals surface area contributed by atoms with Crippen molar-refractivity contribution < 1.29 is 4.39 Å². The molecule has 1 atom stereocenters. The maximum atomic E-state index is 13.0. The number of rotatable bonds is 2. The summed E-state index contributed by atoms with van der Waals surface area (Å²) in [6.07, 6.45) is 0. The molecular formula is C9H14ClFN2. The highest BCUT2D eigenvalue weighted by Gasteiger charge is 2.05. The zero-order valence-electron chi connectivity index (χ0n) is 7.46. The van der Waals surface area contributed by atoms with Crippen LogP contribution in [-0.2, 0) is 0 Å². The van der Waals surface area contributed by atoms with Crippen molar-refractivity contribution in [1.29, 1.82) is 0 Å². The largest absolute Gasteiger partial charge is 0.329 e. The molecule has 0 aliphatic heterocycles. The average molecular weight is 205 g/mol. The first-order valence-electron chi connectivity index (χ1n) is 3.87. The van der Waals surface area contributed by atoms with Gasteiger partial charge in [0.05, 0.1) is 0 Å². The molecule has 1 aromatic carbocycles. The van der Waals surface area contributed by atoms with E-state index in [1.54, 1.807) is 19.1 Å². The molecule has 0 aliphatic rings. The Bertz CT molecular complexity index is 278. The monoisotopic (exact) mass is 204 g/mol. The van der Waals surface area contributed by atoms with Crippen LogP contribution in [0.5, 0.6) is 0 Å². The van der Waals surface area contributed by atoms with Gasteiger partial charge in [-0.05, 0) is 24.1 Å². The minimum Gasteiger partial charge on any atom is -0.329 e. The Kier molecular flexibility index (Phi) is 4.91. The molecule has 0 aliphatic carbocycles. The van der Waals surface area contributed by atoms with Gasteiger partial charge in [-0.1, -0.05) is 12.1 Å². The first-order valence-corrected chi connectivity index (χ1v) is 3.87. The van der Waals surface area contributed by atoms with Crippen LogP contribution in [0.4, 0.5) is 4.39 Å². The van der Waals surface area contributed by atoms with E-state index in [0.29, 0.717) is 12.1 Å². The Labute approximate surface area is 83.5 Å². The van der Waals surface area contributed by atoms with Crippen molar-refractivity contribution in [2.75, 3.05) is 6.54 Å². The van der Waals surface area contributed by atoms with E-state index in [0.717, 1.165) is 5.56 Å². The molecule has 1 rings (SSSR count). The van der Waals surface area contributed by atoms with Gasteiger partial charge in [-0.25, -0.2) is 4.39 Å². The molecule has 0 heterocycles. The molecule has 0 unspecified atom stereocenters. The fourth-order valence-electron chi connectivity index (χ4n) is 0.976. The van der Waals surface area contributed by atoms with Gasteiger partial charge in [0.25, 0.3) is 0 Å². The van der Waals surface area contributed by atoms with Gasteiger partial charge in [0.2, 0.25) is 0 Å². The topological polar surface area (TPSA) is 52.0 Å². The summed E-state index contributed by atoms with van der Waals surface area (Å²) in [4.78, 5) is 0. The number of benzene rings is 1. The Hall–Kier alpha value is -0.640. The van der Waals surface area contributed by atoms with E-state index in [1.807, 2.05) is 0 Å². The van der Waals surface area contributed by atoms with Crippen LogP contribution in [0, 0.1) is 12.7 Å². The predicted octanol–water partition coefficient (Wildman–Crippen LogP) is 1.51. The second-order valence-corrected chi connectivity index (χ2v) is 2.85. The summed E-state index contributed by atoms with van der Waals surface area (Å²) in [6.45, 7) is 2.05. The van der Waals surface area contributed by atoms with Crippen LogP contribution in [-0.4, -0.2) is 6.54 Å². The molecule has 0 spiro atoms. The number of nitrogens with two attached hydrogens (primary N) is 2. The van der Waals surface area contributed by atoms with Crippen molar-refractivity contribution in [1.82, 2.24) is 0 Å². The quantitative estimate of drug-likeness (QED) is 0.768. The smallest absolute Gasteiger partial charge is 0.126 e. The van der Waals surface area contributed by atoms with Gasteiger partial charge < -0.3 is 11.5 Å². The Morgan fingerprint density at radius 3 is 2.54 bits per heavy atom. The van der Waals surface area contributed by atoms with Gasteiger partial charge in [0.15, 0.2) is 0 Å². The lowest BCUT2D eigenvalue weighted by Gasteiger charge is -2.09. The zero-order chi connectivity index (χ0) is 9.14. The average Bonchev–Trinajstić information content (AvgIpc) is 2.08.